The Hall–Kier alpha value is -2.76. The molecule has 1 fully saturated rings. The first-order chi connectivity index (χ1) is 12.1. The fourth-order valence-electron chi connectivity index (χ4n) is 3.03. The number of carbonyl (C=O) groups is 2. The molecule has 132 valence electrons. The maximum Gasteiger partial charge on any atom is 0.223 e. The lowest BCUT2D eigenvalue weighted by atomic mass is 10.1. The number of ether oxygens (including phenoxy) is 1. The predicted molar refractivity (Wildman–Crippen MR) is 92.9 cm³/mol. The first-order valence-corrected chi connectivity index (χ1v) is 8.37. The first-order valence-electron chi connectivity index (χ1n) is 8.37. The number of benzene rings is 1. The summed E-state index contributed by atoms with van der Waals surface area (Å²) >= 11 is 0. The van der Waals surface area contributed by atoms with Gasteiger partial charge in [0.2, 0.25) is 11.8 Å². The van der Waals surface area contributed by atoms with Crippen LogP contribution in [0.1, 0.15) is 18.6 Å². The lowest BCUT2D eigenvalue weighted by Gasteiger charge is -2.15. The topological polar surface area (TPSA) is 85.8 Å². The highest BCUT2D eigenvalue weighted by Gasteiger charge is 2.29. The Kier molecular flexibility index (Phi) is 5.07. The third kappa shape index (κ3) is 4.02. The van der Waals surface area contributed by atoms with Crippen molar-refractivity contribution in [2.75, 3.05) is 20.2 Å². The number of likely N-dealkylation sites (tertiary alicyclic amines) is 1. The second-order valence-electron chi connectivity index (χ2n) is 6.22. The summed E-state index contributed by atoms with van der Waals surface area (Å²) in [5.41, 5.74) is 6.26. The fourth-order valence-corrected chi connectivity index (χ4v) is 3.03. The van der Waals surface area contributed by atoms with E-state index in [1.807, 2.05) is 36.4 Å². The van der Waals surface area contributed by atoms with E-state index in [1.54, 1.807) is 12.0 Å². The lowest BCUT2D eigenvalue weighted by molar-refractivity contribution is -0.130. The van der Waals surface area contributed by atoms with E-state index in [0.717, 1.165) is 22.8 Å². The third-order valence-electron chi connectivity index (χ3n) is 4.56. The van der Waals surface area contributed by atoms with Crippen LogP contribution in [0.25, 0.3) is 11.3 Å². The molecule has 25 heavy (non-hydrogen) atoms. The minimum atomic E-state index is -0.328. The van der Waals surface area contributed by atoms with E-state index < -0.39 is 0 Å². The highest BCUT2D eigenvalue weighted by Crippen LogP contribution is 2.25. The number of furan rings is 1. The summed E-state index contributed by atoms with van der Waals surface area (Å²) in [4.78, 5) is 25.2. The van der Waals surface area contributed by atoms with Crippen LogP contribution in [0.3, 0.4) is 0 Å². The number of carbonyl (C=O) groups excluding carboxylic acids is 2. The van der Waals surface area contributed by atoms with Crippen molar-refractivity contribution in [1.29, 1.82) is 0 Å². The van der Waals surface area contributed by atoms with Gasteiger partial charge in [-0.15, -0.1) is 0 Å². The van der Waals surface area contributed by atoms with Crippen LogP contribution in [-0.4, -0.2) is 36.9 Å². The molecule has 2 heterocycles. The van der Waals surface area contributed by atoms with Crippen LogP contribution in [0.15, 0.2) is 40.8 Å². The highest BCUT2D eigenvalue weighted by molar-refractivity contribution is 5.81. The number of hydrogen-bond acceptors (Lipinski definition) is 4. The van der Waals surface area contributed by atoms with Gasteiger partial charge in [-0.25, -0.2) is 0 Å². The largest absolute Gasteiger partial charge is 0.497 e. The van der Waals surface area contributed by atoms with Crippen molar-refractivity contribution in [2.24, 2.45) is 11.7 Å². The van der Waals surface area contributed by atoms with Crippen molar-refractivity contribution in [3.63, 3.8) is 0 Å². The van der Waals surface area contributed by atoms with E-state index in [-0.39, 0.29) is 17.7 Å². The molecule has 2 amide bonds. The van der Waals surface area contributed by atoms with Crippen LogP contribution in [0.2, 0.25) is 0 Å². The summed E-state index contributed by atoms with van der Waals surface area (Å²) in [7, 11) is 1.63. The number of hydrogen-bond donors (Lipinski definition) is 1. The number of primary amides is 1. The number of methoxy groups -OCH3 is 1. The van der Waals surface area contributed by atoms with Crippen LogP contribution in [0.5, 0.6) is 5.75 Å². The zero-order valence-electron chi connectivity index (χ0n) is 14.2. The van der Waals surface area contributed by atoms with Gasteiger partial charge in [-0.05, 0) is 42.8 Å². The van der Waals surface area contributed by atoms with Crippen LogP contribution in [0.4, 0.5) is 0 Å². The summed E-state index contributed by atoms with van der Waals surface area (Å²) in [5.74, 6) is 1.82. The van der Waals surface area contributed by atoms with E-state index in [1.165, 1.54) is 0 Å². The summed E-state index contributed by atoms with van der Waals surface area (Å²) in [6, 6.07) is 11.4. The molecule has 0 radical (unpaired) electrons. The van der Waals surface area contributed by atoms with Gasteiger partial charge in [0.05, 0.1) is 13.0 Å². The fraction of sp³-hybridized carbons (Fsp3) is 0.368. The Labute approximate surface area is 146 Å². The zero-order chi connectivity index (χ0) is 17.8. The minimum absolute atomic E-state index is 0.0335. The van der Waals surface area contributed by atoms with Crippen LogP contribution in [-0.2, 0) is 16.0 Å². The molecule has 1 aliphatic heterocycles. The van der Waals surface area contributed by atoms with E-state index >= 15 is 0 Å². The average molecular weight is 342 g/mol. The first kappa shape index (κ1) is 17.1. The molecule has 6 nitrogen and oxygen atoms in total. The Bertz CT molecular complexity index is 751. The molecule has 1 unspecified atom stereocenters. The van der Waals surface area contributed by atoms with Gasteiger partial charge in [0, 0.05) is 31.5 Å². The van der Waals surface area contributed by atoms with Crippen LogP contribution in [0, 0.1) is 5.92 Å². The van der Waals surface area contributed by atoms with Crippen LogP contribution < -0.4 is 10.5 Å². The van der Waals surface area contributed by atoms with Gasteiger partial charge in [0.1, 0.15) is 17.3 Å². The molecule has 1 aromatic heterocycles. The normalized spacial score (nSPS) is 16.8. The van der Waals surface area contributed by atoms with Crippen molar-refractivity contribution in [1.82, 2.24) is 4.90 Å². The molecule has 0 saturated carbocycles. The second kappa shape index (κ2) is 7.42. The Balaban J connectivity index is 1.55. The number of amides is 2. The molecule has 0 spiro atoms. The van der Waals surface area contributed by atoms with Gasteiger partial charge in [0.15, 0.2) is 0 Å². The highest BCUT2D eigenvalue weighted by atomic mass is 16.5. The molecular formula is C19H22N2O4. The average Bonchev–Trinajstić information content (AvgIpc) is 3.29. The van der Waals surface area contributed by atoms with E-state index in [9.17, 15) is 9.59 Å². The van der Waals surface area contributed by atoms with Gasteiger partial charge < -0.3 is 19.8 Å². The molecule has 1 aliphatic rings. The molecule has 6 heteroatoms. The summed E-state index contributed by atoms with van der Waals surface area (Å²) < 4.78 is 11.0. The molecule has 1 atom stereocenters. The molecule has 1 aromatic carbocycles. The molecular weight excluding hydrogens is 320 g/mol. The van der Waals surface area contributed by atoms with E-state index in [4.69, 9.17) is 14.9 Å². The van der Waals surface area contributed by atoms with Crippen molar-refractivity contribution >= 4 is 11.8 Å². The van der Waals surface area contributed by atoms with Gasteiger partial charge in [-0.1, -0.05) is 0 Å². The minimum Gasteiger partial charge on any atom is -0.497 e. The maximum absolute atomic E-state index is 12.3. The number of aryl methyl sites for hydroxylation is 1. The van der Waals surface area contributed by atoms with Gasteiger partial charge in [-0.3, -0.25) is 9.59 Å². The van der Waals surface area contributed by atoms with Crippen molar-refractivity contribution < 1.29 is 18.7 Å². The molecule has 0 bridgehead atoms. The lowest BCUT2D eigenvalue weighted by Crippen LogP contribution is -2.31. The Morgan fingerprint density at radius 1 is 1.24 bits per heavy atom. The second-order valence-corrected chi connectivity index (χ2v) is 6.22. The standard InChI is InChI=1S/C19H22N2O4/c1-24-15-4-2-13(3-5-15)17-8-6-16(25-17)7-9-18(22)21-11-10-14(12-21)19(20)23/h2-6,8,14H,7,9-12H2,1H3,(H2,20,23). The number of rotatable bonds is 6. The number of nitrogens with two attached hydrogens (primary N) is 1. The molecule has 1 saturated heterocycles. The monoisotopic (exact) mass is 342 g/mol. The van der Waals surface area contributed by atoms with Crippen molar-refractivity contribution in [3.8, 4) is 17.1 Å². The Morgan fingerprint density at radius 2 is 2.00 bits per heavy atom. The van der Waals surface area contributed by atoms with Gasteiger partial charge in [-0.2, -0.15) is 0 Å². The van der Waals surface area contributed by atoms with Gasteiger partial charge in [0.25, 0.3) is 0 Å². The molecule has 2 aromatic rings. The Morgan fingerprint density at radius 3 is 2.64 bits per heavy atom. The van der Waals surface area contributed by atoms with Crippen LogP contribution >= 0.6 is 0 Å². The van der Waals surface area contributed by atoms with E-state index in [2.05, 4.69) is 0 Å². The maximum atomic E-state index is 12.3. The summed E-state index contributed by atoms with van der Waals surface area (Å²) in [6.07, 6.45) is 1.55. The number of nitrogens with zero attached hydrogens (tertiary/aromatic N) is 1. The van der Waals surface area contributed by atoms with Crippen molar-refractivity contribution in [3.05, 3.63) is 42.2 Å². The molecule has 3 rings (SSSR count). The van der Waals surface area contributed by atoms with Gasteiger partial charge >= 0.3 is 0 Å². The zero-order valence-corrected chi connectivity index (χ0v) is 14.2. The van der Waals surface area contributed by atoms with E-state index in [0.29, 0.717) is 32.4 Å². The third-order valence-corrected chi connectivity index (χ3v) is 4.56. The molecule has 0 aliphatic carbocycles. The summed E-state index contributed by atoms with van der Waals surface area (Å²) in [6.45, 7) is 1.03. The molecule has 2 N–H and O–H groups in total. The van der Waals surface area contributed by atoms with Crippen molar-refractivity contribution in [2.45, 2.75) is 19.3 Å². The smallest absolute Gasteiger partial charge is 0.223 e. The predicted octanol–water partition coefficient (Wildman–Crippen LogP) is 2.22. The quantitative estimate of drug-likeness (QED) is 0.872. The SMILES string of the molecule is COc1ccc(-c2ccc(CCC(=O)N3CCC(C(N)=O)C3)o2)cc1. The summed E-state index contributed by atoms with van der Waals surface area (Å²) in [5, 5.41) is 0.